The van der Waals surface area contributed by atoms with E-state index in [9.17, 15) is 0 Å². The molecule has 0 radical (unpaired) electrons. The van der Waals surface area contributed by atoms with Crippen molar-refractivity contribution in [1.29, 1.82) is 0 Å². The molecule has 0 saturated heterocycles. The monoisotopic (exact) mass is 154 g/mol. The molecule has 0 fully saturated rings. The number of nitrogens with zero attached hydrogens (tertiary/aromatic N) is 1. The summed E-state index contributed by atoms with van der Waals surface area (Å²) in [6.45, 7) is 0. The van der Waals surface area contributed by atoms with Crippen LogP contribution in [0.15, 0.2) is 0 Å². The van der Waals surface area contributed by atoms with E-state index in [0.29, 0.717) is 0 Å². The summed E-state index contributed by atoms with van der Waals surface area (Å²) in [5.41, 5.74) is 0. The molecule has 0 aromatic carbocycles. The average Bonchev–Trinajstić information content (AvgIpc) is 0.811. The van der Waals surface area contributed by atoms with Crippen molar-refractivity contribution in [2.75, 3.05) is 0 Å². The molecule has 4 N–H and O–H groups in total. The van der Waals surface area contributed by atoms with Gasteiger partial charge in [0.15, 0.2) is 0 Å². The van der Waals surface area contributed by atoms with Crippen LogP contribution in [0.2, 0.25) is 0 Å². The van der Waals surface area contributed by atoms with Crippen molar-refractivity contribution in [3.63, 3.8) is 0 Å². The molecule has 42 valence electrons. The normalized spacial score (nSPS) is 3.43. The van der Waals surface area contributed by atoms with E-state index in [1.165, 1.54) is 0 Å². The van der Waals surface area contributed by atoms with E-state index in [1.54, 1.807) is 0 Å². The van der Waals surface area contributed by atoms with Gasteiger partial charge in [0, 0.05) is 0 Å². The second-order valence-corrected chi connectivity index (χ2v) is 0.238. The molecular weight excluding hydrogens is 146 g/mol. The van der Waals surface area contributed by atoms with E-state index in [-0.39, 0.29) is 67.4 Å². The first-order valence-corrected chi connectivity index (χ1v) is 0.565. The molecule has 1 atom stereocenters. The summed E-state index contributed by atoms with van der Waals surface area (Å²) in [7, 11) is 0. The van der Waals surface area contributed by atoms with Crippen molar-refractivity contribution in [3.8, 4) is 0 Å². The Labute approximate surface area is 86.6 Å². The van der Waals surface area contributed by atoms with Gasteiger partial charge in [-0.2, -0.15) is 9.90 Å². The van der Waals surface area contributed by atoms with E-state index in [0.717, 1.165) is 0 Å². The quantitative estimate of drug-likeness (QED) is 0.207. The fourth-order valence-corrected chi connectivity index (χ4v) is 0. The van der Waals surface area contributed by atoms with Crippen LogP contribution < -0.4 is 6.15 Å². The molecule has 0 saturated carbocycles. The number of hydrogen-bond acceptors (Lipinski definition) is 3. The molecule has 0 amide bonds. The van der Waals surface area contributed by atoms with Crippen LogP contribution in [0.5, 0.6) is 0 Å². The molecule has 7 heavy (non-hydrogen) atoms. The number of rotatable bonds is 0. The van der Waals surface area contributed by atoms with Gasteiger partial charge < -0.3 is 11.4 Å². The Balaban J connectivity index is -0.0000000150. The minimum atomic E-state index is -1.50. The van der Waals surface area contributed by atoms with Crippen molar-refractivity contribution in [2.45, 2.75) is 0 Å². The first kappa shape index (κ1) is 24.0. The molecule has 0 aromatic heterocycles. The van der Waals surface area contributed by atoms with Crippen LogP contribution >= 0.6 is 9.90 Å². The first-order valence-electron chi connectivity index (χ1n) is 0.565. The van der Waals surface area contributed by atoms with E-state index >= 15 is 0 Å². The predicted octanol–water partition coefficient (Wildman–Crippen LogP) is -0.776. The van der Waals surface area contributed by atoms with Gasteiger partial charge >= 0.3 is 51.4 Å². The number of hydrogen-bond donors (Lipinski definition) is 2. The van der Waals surface area contributed by atoms with Gasteiger partial charge in [-0.15, -0.1) is 10.1 Å². The second-order valence-electron chi connectivity index (χ2n) is 0.238. The minimum absolute atomic E-state index is 0. The van der Waals surface area contributed by atoms with Gasteiger partial charge in [-0.05, 0) is 0 Å². The summed E-state index contributed by atoms with van der Waals surface area (Å²) in [6.07, 6.45) is 0. The predicted molar refractivity (Wildman–Crippen MR) is 32.1 cm³/mol. The van der Waals surface area contributed by atoms with Crippen LogP contribution in [0, 0.1) is 10.1 Å². The topological polar surface area (TPSA) is 98.4 Å². The Hall–Kier alpha value is 1.23. The fourth-order valence-electron chi connectivity index (χ4n) is 0. The molecule has 0 spiro atoms. The Morgan fingerprint density at radius 3 is 1.57 bits per heavy atom. The van der Waals surface area contributed by atoms with Gasteiger partial charge in [0.2, 0.25) is 0 Å². The van der Waals surface area contributed by atoms with Gasteiger partial charge in [0.05, 0.1) is 0 Å². The molecule has 1 unspecified atom stereocenters. The molecule has 5 nitrogen and oxygen atoms in total. The molecule has 0 aliphatic rings. The summed E-state index contributed by atoms with van der Waals surface area (Å²) >= 11 is 0. The Kier molecular flexibility index (Phi) is 53.9. The molecule has 7 heteroatoms. The molecule has 0 bridgehead atoms. The second kappa shape index (κ2) is 15.7. The van der Waals surface area contributed by atoms with Crippen LogP contribution in [0.3, 0.4) is 0 Å². The Morgan fingerprint density at radius 2 is 1.57 bits per heavy atom. The van der Waals surface area contributed by atoms with E-state index in [4.69, 9.17) is 15.3 Å². The fraction of sp³-hybridized carbons (Fsp3) is 0. The first-order chi connectivity index (χ1) is 1.73. The van der Waals surface area contributed by atoms with Crippen molar-refractivity contribution >= 4 is 61.3 Å². The van der Waals surface area contributed by atoms with E-state index in [2.05, 4.69) is 0 Å². The van der Waals surface area contributed by atoms with E-state index in [1.807, 2.05) is 0 Å². The zero-order valence-electron chi connectivity index (χ0n) is 3.13. The van der Waals surface area contributed by atoms with Crippen LogP contribution in [0.1, 0.15) is 0 Å². The van der Waals surface area contributed by atoms with Crippen LogP contribution in [-0.4, -0.2) is 61.7 Å². The van der Waals surface area contributed by atoms with Crippen molar-refractivity contribution in [3.05, 3.63) is 10.1 Å². The van der Waals surface area contributed by atoms with Crippen LogP contribution in [0.25, 0.3) is 0 Å². The van der Waals surface area contributed by atoms with Gasteiger partial charge in [0.1, 0.15) is 0 Å². The summed E-state index contributed by atoms with van der Waals surface area (Å²) < 4.78 is 0. The maximum atomic E-state index is 8.36. The molecule has 0 aliphatic heterocycles. The zero-order valence-corrected chi connectivity index (χ0v) is 4.54. The Morgan fingerprint density at radius 1 is 1.57 bits per heavy atom. The third kappa shape index (κ3) is 131. The maximum absolute atomic E-state index is 8.36. The molecule has 0 aromatic rings. The standard InChI is InChI=1S/K.HNO3.H3N.H3P.H/c;2-1(3)4;;;/h;(H,2,3,4);2*1H3;. The van der Waals surface area contributed by atoms with Gasteiger partial charge in [0.25, 0.3) is 5.09 Å². The van der Waals surface area contributed by atoms with Crippen molar-refractivity contribution in [1.82, 2.24) is 6.15 Å². The van der Waals surface area contributed by atoms with Crippen molar-refractivity contribution < 1.29 is 10.3 Å². The summed E-state index contributed by atoms with van der Waals surface area (Å²) in [6, 6.07) is 0. The summed E-state index contributed by atoms with van der Waals surface area (Å²) in [5.74, 6) is 0. The third-order valence-corrected chi connectivity index (χ3v) is 0. The molecule has 0 aliphatic carbocycles. The van der Waals surface area contributed by atoms with E-state index < -0.39 is 5.09 Å². The van der Waals surface area contributed by atoms with Gasteiger partial charge in [-0.3, -0.25) is 0 Å². The van der Waals surface area contributed by atoms with Crippen LogP contribution in [-0.2, 0) is 0 Å². The molecular formula is H8KN2O3P. The molecule has 0 heterocycles. The summed E-state index contributed by atoms with van der Waals surface area (Å²) in [5, 5.41) is 13.6. The average molecular weight is 154 g/mol. The van der Waals surface area contributed by atoms with Gasteiger partial charge in [-0.25, -0.2) is 0 Å². The summed E-state index contributed by atoms with van der Waals surface area (Å²) in [4.78, 5) is 8.36. The Bertz CT molecular complexity index is 35.9. The molecule has 0 rings (SSSR count). The SMILES string of the molecule is N.O=[N+]([O-])O.P.[KH]. The van der Waals surface area contributed by atoms with Gasteiger partial charge in [-0.1, -0.05) is 0 Å². The van der Waals surface area contributed by atoms with Crippen molar-refractivity contribution in [2.24, 2.45) is 0 Å². The zero-order chi connectivity index (χ0) is 3.58. The third-order valence-electron chi connectivity index (χ3n) is 0. The van der Waals surface area contributed by atoms with Crippen LogP contribution in [0.4, 0.5) is 0 Å².